The van der Waals surface area contributed by atoms with Crippen molar-refractivity contribution in [2.75, 3.05) is 10.8 Å². The quantitative estimate of drug-likeness (QED) is 0.158. The topological polar surface area (TPSA) is 86.8 Å². The van der Waals surface area contributed by atoms with Crippen molar-refractivity contribution < 1.29 is 18.0 Å². The van der Waals surface area contributed by atoms with Crippen molar-refractivity contribution >= 4 is 50.7 Å². The van der Waals surface area contributed by atoms with Gasteiger partial charge in [0.2, 0.25) is 11.8 Å². The number of nitrogens with one attached hydrogen (secondary N) is 1. The maximum Gasteiger partial charge on any atom is 0.264 e. The number of nitrogens with zero attached hydrogens (tertiary/aromatic N) is 2. The van der Waals surface area contributed by atoms with Gasteiger partial charge in [0.15, 0.2) is 0 Å². The first-order chi connectivity index (χ1) is 22.7. The zero-order chi connectivity index (χ0) is 33.4. The minimum atomic E-state index is -4.18. The molecule has 1 aliphatic carbocycles. The molecule has 2 amide bonds. The second-order valence-electron chi connectivity index (χ2n) is 11.8. The van der Waals surface area contributed by atoms with E-state index in [9.17, 15) is 18.0 Å². The number of anilines is 1. The molecule has 0 aliphatic heterocycles. The third-order valence-electron chi connectivity index (χ3n) is 8.58. The number of rotatable bonds is 13. The molecule has 246 valence electrons. The van der Waals surface area contributed by atoms with E-state index in [1.807, 2.05) is 49.4 Å². The lowest BCUT2D eigenvalue weighted by atomic mass is 10.0. The summed E-state index contributed by atoms with van der Waals surface area (Å²) >= 11 is 12.8. The summed E-state index contributed by atoms with van der Waals surface area (Å²) in [6, 6.07) is 28.8. The van der Waals surface area contributed by atoms with Crippen LogP contribution in [0.5, 0.6) is 0 Å². The first-order valence-corrected chi connectivity index (χ1v) is 18.1. The van der Waals surface area contributed by atoms with Crippen LogP contribution in [0.2, 0.25) is 10.0 Å². The van der Waals surface area contributed by atoms with Gasteiger partial charge >= 0.3 is 0 Å². The highest BCUT2D eigenvalue weighted by molar-refractivity contribution is 7.92. The molecule has 4 aromatic carbocycles. The average molecular weight is 693 g/mol. The van der Waals surface area contributed by atoms with Crippen molar-refractivity contribution in [2.45, 2.75) is 69.0 Å². The van der Waals surface area contributed by atoms with Crippen molar-refractivity contribution in [3.8, 4) is 0 Å². The third kappa shape index (κ3) is 8.55. The van der Waals surface area contributed by atoms with Gasteiger partial charge in [-0.25, -0.2) is 8.42 Å². The second kappa shape index (κ2) is 15.8. The molecule has 1 atom stereocenters. The van der Waals surface area contributed by atoms with Gasteiger partial charge in [-0.05, 0) is 66.3 Å². The molecular formula is C37H39Cl2N3O4S. The Bertz CT molecular complexity index is 1780. The molecule has 7 nitrogen and oxygen atoms in total. The molecule has 1 saturated carbocycles. The van der Waals surface area contributed by atoms with Crippen LogP contribution in [0.25, 0.3) is 0 Å². The van der Waals surface area contributed by atoms with Gasteiger partial charge in [-0.3, -0.25) is 13.9 Å². The molecule has 0 unspecified atom stereocenters. The maximum absolute atomic E-state index is 14.7. The zero-order valence-corrected chi connectivity index (χ0v) is 28.6. The summed E-state index contributed by atoms with van der Waals surface area (Å²) in [4.78, 5) is 30.4. The Labute approximate surface area is 287 Å². The fourth-order valence-electron chi connectivity index (χ4n) is 6.04. The highest BCUT2D eigenvalue weighted by Crippen LogP contribution is 2.30. The number of amides is 2. The molecule has 4 aromatic rings. The fraction of sp³-hybridized carbons (Fsp3) is 0.297. The Balaban J connectivity index is 1.60. The van der Waals surface area contributed by atoms with E-state index in [4.69, 9.17) is 23.2 Å². The van der Waals surface area contributed by atoms with Crippen molar-refractivity contribution in [1.29, 1.82) is 0 Å². The lowest BCUT2D eigenvalue weighted by Gasteiger charge is -2.35. The van der Waals surface area contributed by atoms with Crippen LogP contribution in [0.3, 0.4) is 0 Å². The summed E-state index contributed by atoms with van der Waals surface area (Å²) in [5.74, 6) is -0.824. The molecule has 1 fully saturated rings. The Hall–Kier alpha value is -3.85. The van der Waals surface area contributed by atoms with E-state index in [1.165, 1.54) is 17.0 Å². The highest BCUT2D eigenvalue weighted by atomic mass is 35.5. The van der Waals surface area contributed by atoms with Crippen LogP contribution in [-0.2, 0) is 39.0 Å². The molecule has 0 saturated heterocycles. The predicted octanol–water partition coefficient (Wildman–Crippen LogP) is 7.45. The van der Waals surface area contributed by atoms with Gasteiger partial charge in [0.25, 0.3) is 10.0 Å². The van der Waals surface area contributed by atoms with Crippen LogP contribution in [-0.4, -0.2) is 43.8 Å². The van der Waals surface area contributed by atoms with Crippen molar-refractivity contribution in [1.82, 2.24) is 10.2 Å². The second-order valence-corrected chi connectivity index (χ2v) is 14.5. The Morgan fingerprint density at radius 2 is 1.49 bits per heavy atom. The number of hydrogen-bond donors (Lipinski definition) is 1. The molecule has 0 bridgehead atoms. The smallest absolute Gasteiger partial charge is 0.264 e. The highest BCUT2D eigenvalue weighted by Gasteiger charge is 2.36. The number of carbonyl (C=O) groups excluding carboxylic acids is 2. The molecule has 10 heteroatoms. The molecule has 5 rings (SSSR count). The van der Waals surface area contributed by atoms with Gasteiger partial charge in [0, 0.05) is 29.1 Å². The van der Waals surface area contributed by atoms with Crippen LogP contribution in [0.4, 0.5) is 5.69 Å². The van der Waals surface area contributed by atoms with E-state index in [-0.39, 0.29) is 29.8 Å². The first kappa shape index (κ1) is 34.5. The van der Waals surface area contributed by atoms with Crippen LogP contribution < -0.4 is 9.62 Å². The largest absolute Gasteiger partial charge is 0.352 e. The van der Waals surface area contributed by atoms with Crippen molar-refractivity contribution in [3.05, 3.63) is 130 Å². The van der Waals surface area contributed by atoms with Gasteiger partial charge in [-0.15, -0.1) is 0 Å². The van der Waals surface area contributed by atoms with Gasteiger partial charge in [0.1, 0.15) is 12.6 Å². The fourth-order valence-corrected chi connectivity index (χ4v) is 7.98. The molecule has 1 N–H and O–H groups in total. The minimum absolute atomic E-state index is 0.0169. The lowest BCUT2D eigenvalue weighted by Crippen LogP contribution is -2.54. The molecule has 0 heterocycles. The first-order valence-electron chi connectivity index (χ1n) is 15.9. The van der Waals surface area contributed by atoms with Gasteiger partial charge in [-0.2, -0.15) is 0 Å². The Morgan fingerprint density at radius 3 is 2.15 bits per heavy atom. The molecule has 47 heavy (non-hydrogen) atoms. The van der Waals surface area contributed by atoms with E-state index in [1.54, 1.807) is 48.5 Å². The average Bonchev–Trinajstić information content (AvgIpc) is 3.59. The van der Waals surface area contributed by atoms with Crippen LogP contribution >= 0.6 is 23.2 Å². The number of carbonyl (C=O) groups is 2. The van der Waals surface area contributed by atoms with Crippen LogP contribution in [0.1, 0.15) is 49.3 Å². The molecule has 1 aliphatic rings. The molecule has 0 radical (unpaired) electrons. The SMILES string of the molecule is CCc1ccccc1N(CC(=O)N(Cc1ccc(Cl)cc1Cl)[C@@H](Cc1ccccc1)C(=O)NC1CCCC1)S(=O)(=O)c1ccccc1. The van der Waals surface area contributed by atoms with E-state index in [2.05, 4.69) is 5.32 Å². The van der Waals surface area contributed by atoms with Crippen LogP contribution in [0.15, 0.2) is 108 Å². The number of halogens is 2. The number of sulfonamides is 1. The number of aryl methyl sites for hydroxylation is 1. The van der Waals surface area contributed by atoms with Crippen molar-refractivity contribution in [2.24, 2.45) is 0 Å². The zero-order valence-electron chi connectivity index (χ0n) is 26.3. The van der Waals surface area contributed by atoms with E-state index in [0.717, 1.165) is 41.1 Å². The molecule has 0 spiro atoms. The summed E-state index contributed by atoms with van der Waals surface area (Å²) in [6.07, 6.45) is 4.58. The predicted molar refractivity (Wildman–Crippen MR) is 188 cm³/mol. The standard InChI is InChI=1S/C37H39Cl2N3O4S/c1-2-28-15-9-12-20-34(28)42(47(45,46)32-18-7-4-8-19-32)26-36(43)41(25-29-21-22-30(38)24-33(29)39)35(23-27-13-5-3-6-14-27)37(44)40-31-16-10-11-17-31/h3-9,12-15,18-22,24,31,35H,2,10-11,16-17,23,25-26H2,1H3,(H,40,44)/t35-/m0/s1. The third-order valence-corrected chi connectivity index (χ3v) is 10.9. The summed E-state index contributed by atoms with van der Waals surface area (Å²) < 4.78 is 29.7. The molecule has 0 aromatic heterocycles. The van der Waals surface area contributed by atoms with E-state index in [0.29, 0.717) is 27.7 Å². The summed E-state index contributed by atoms with van der Waals surface area (Å²) in [5.41, 5.74) is 2.63. The Kier molecular flexibility index (Phi) is 11.6. The maximum atomic E-state index is 14.7. The minimum Gasteiger partial charge on any atom is -0.352 e. The van der Waals surface area contributed by atoms with Gasteiger partial charge in [0.05, 0.1) is 10.6 Å². The monoisotopic (exact) mass is 691 g/mol. The summed E-state index contributed by atoms with van der Waals surface area (Å²) in [5, 5.41) is 3.97. The van der Waals surface area contributed by atoms with Crippen LogP contribution in [0, 0.1) is 0 Å². The summed E-state index contributed by atoms with van der Waals surface area (Å²) in [7, 11) is -4.18. The van der Waals surface area contributed by atoms with E-state index >= 15 is 0 Å². The van der Waals surface area contributed by atoms with Gasteiger partial charge < -0.3 is 10.2 Å². The number of para-hydroxylation sites is 1. The molecular weight excluding hydrogens is 653 g/mol. The number of hydrogen-bond acceptors (Lipinski definition) is 4. The normalized spacial score (nSPS) is 14.0. The number of benzene rings is 4. The summed E-state index contributed by atoms with van der Waals surface area (Å²) in [6.45, 7) is 1.38. The van der Waals surface area contributed by atoms with Gasteiger partial charge in [-0.1, -0.05) is 116 Å². The van der Waals surface area contributed by atoms with Crippen molar-refractivity contribution in [3.63, 3.8) is 0 Å². The van der Waals surface area contributed by atoms with E-state index < -0.39 is 28.5 Å². The lowest BCUT2D eigenvalue weighted by molar-refractivity contribution is -0.140. The Morgan fingerprint density at radius 1 is 0.851 bits per heavy atom.